The first kappa shape index (κ1) is 16.9. The summed E-state index contributed by atoms with van der Waals surface area (Å²) in [5, 5.41) is 3.30. The zero-order valence-electron chi connectivity index (χ0n) is 12.6. The highest BCUT2D eigenvalue weighted by Gasteiger charge is 2.38. The van der Waals surface area contributed by atoms with Gasteiger partial charge < -0.3 is 5.32 Å². The summed E-state index contributed by atoms with van der Waals surface area (Å²) in [5.41, 5.74) is 1.23. The van der Waals surface area contributed by atoms with E-state index >= 15 is 0 Å². The van der Waals surface area contributed by atoms with Crippen LogP contribution in [-0.4, -0.2) is 21.5 Å². The molecule has 1 fully saturated rings. The molecule has 6 heteroatoms. The maximum atomic E-state index is 12.3. The van der Waals surface area contributed by atoms with Gasteiger partial charge in [-0.05, 0) is 64.8 Å². The molecule has 118 valence electrons. The molecule has 0 bridgehead atoms. The normalized spacial score (nSPS) is 16.9. The standard InChI is InChI=1S/C15H23BrN2O2S/c1-3-8-17-10-12-4-5-14(13(16)9-12)21(19,20)18-11-15(2)6-7-15/h4-5,9,17-18H,3,6-8,10-11H2,1-2H3. The van der Waals surface area contributed by atoms with Gasteiger partial charge in [0.1, 0.15) is 0 Å². The summed E-state index contributed by atoms with van der Waals surface area (Å²) < 4.78 is 28.0. The van der Waals surface area contributed by atoms with Gasteiger partial charge in [-0.2, -0.15) is 0 Å². The van der Waals surface area contributed by atoms with Crippen molar-refractivity contribution >= 4 is 26.0 Å². The SMILES string of the molecule is CCCNCc1ccc(S(=O)(=O)NCC2(C)CC2)c(Br)c1. The zero-order chi connectivity index (χ0) is 15.5. The minimum absolute atomic E-state index is 0.156. The highest BCUT2D eigenvalue weighted by Crippen LogP contribution is 2.44. The Bertz CT molecular complexity index is 598. The lowest BCUT2D eigenvalue weighted by Gasteiger charge is -2.13. The van der Waals surface area contributed by atoms with Crippen molar-refractivity contribution in [2.75, 3.05) is 13.1 Å². The van der Waals surface area contributed by atoms with Crippen LogP contribution in [-0.2, 0) is 16.6 Å². The second-order valence-electron chi connectivity index (χ2n) is 6.08. The van der Waals surface area contributed by atoms with E-state index in [1.807, 2.05) is 12.1 Å². The van der Waals surface area contributed by atoms with Gasteiger partial charge in [-0.3, -0.25) is 0 Å². The summed E-state index contributed by atoms with van der Waals surface area (Å²) in [6.45, 7) is 6.44. The average molecular weight is 375 g/mol. The van der Waals surface area contributed by atoms with Gasteiger partial charge in [-0.25, -0.2) is 13.1 Å². The predicted octanol–water partition coefficient (Wildman–Crippen LogP) is 3.03. The molecule has 0 spiro atoms. The van der Waals surface area contributed by atoms with Crippen LogP contribution in [0.25, 0.3) is 0 Å². The Hall–Kier alpha value is -0.430. The second kappa shape index (κ2) is 6.77. The molecule has 1 aromatic carbocycles. The lowest BCUT2D eigenvalue weighted by molar-refractivity contribution is 0.530. The molecule has 21 heavy (non-hydrogen) atoms. The summed E-state index contributed by atoms with van der Waals surface area (Å²) in [4.78, 5) is 0.311. The molecule has 0 saturated heterocycles. The first-order chi connectivity index (χ1) is 9.86. The van der Waals surface area contributed by atoms with Crippen molar-refractivity contribution < 1.29 is 8.42 Å². The summed E-state index contributed by atoms with van der Waals surface area (Å²) in [7, 11) is -3.44. The van der Waals surface area contributed by atoms with Crippen LogP contribution in [0.5, 0.6) is 0 Å². The van der Waals surface area contributed by atoms with E-state index in [0.29, 0.717) is 15.9 Å². The first-order valence-electron chi connectivity index (χ1n) is 7.35. The van der Waals surface area contributed by atoms with Gasteiger partial charge >= 0.3 is 0 Å². The molecular weight excluding hydrogens is 352 g/mol. The molecule has 0 aromatic heterocycles. The van der Waals surface area contributed by atoms with E-state index in [1.54, 1.807) is 6.07 Å². The van der Waals surface area contributed by atoms with Crippen molar-refractivity contribution in [3.8, 4) is 0 Å². The number of halogens is 1. The average Bonchev–Trinajstić information content (AvgIpc) is 3.16. The molecular formula is C15H23BrN2O2S. The molecule has 1 aromatic rings. The van der Waals surface area contributed by atoms with Crippen molar-refractivity contribution in [1.29, 1.82) is 0 Å². The van der Waals surface area contributed by atoms with Crippen LogP contribution in [0.2, 0.25) is 0 Å². The van der Waals surface area contributed by atoms with Gasteiger partial charge in [0, 0.05) is 17.6 Å². The van der Waals surface area contributed by atoms with Crippen molar-refractivity contribution in [3.05, 3.63) is 28.2 Å². The van der Waals surface area contributed by atoms with Crippen molar-refractivity contribution in [2.45, 2.75) is 44.6 Å². The summed E-state index contributed by atoms with van der Waals surface area (Å²) >= 11 is 3.38. The molecule has 0 atom stereocenters. The Labute approximate surface area is 135 Å². The van der Waals surface area contributed by atoms with Gasteiger partial charge in [-0.1, -0.05) is 19.9 Å². The van der Waals surface area contributed by atoms with E-state index in [4.69, 9.17) is 0 Å². The molecule has 1 aliphatic rings. The number of rotatable bonds is 8. The topological polar surface area (TPSA) is 58.2 Å². The molecule has 0 radical (unpaired) electrons. The van der Waals surface area contributed by atoms with E-state index in [-0.39, 0.29) is 5.41 Å². The Morgan fingerprint density at radius 1 is 1.33 bits per heavy atom. The van der Waals surface area contributed by atoms with Gasteiger partial charge in [-0.15, -0.1) is 0 Å². The number of benzene rings is 1. The molecule has 1 aliphatic carbocycles. The van der Waals surface area contributed by atoms with Gasteiger partial charge in [0.05, 0.1) is 4.90 Å². The van der Waals surface area contributed by atoms with Gasteiger partial charge in [0.25, 0.3) is 0 Å². The van der Waals surface area contributed by atoms with Crippen LogP contribution < -0.4 is 10.0 Å². The molecule has 0 heterocycles. The maximum absolute atomic E-state index is 12.3. The highest BCUT2D eigenvalue weighted by atomic mass is 79.9. The van der Waals surface area contributed by atoms with Crippen LogP contribution in [0.15, 0.2) is 27.6 Å². The smallest absolute Gasteiger partial charge is 0.241 e. The Morgan fingerprint density at radius 2 is 2.05 bits per heavy atom. The first-order valence-corrected chi connectivity index (χ1v) is 9.63. The molecule has 2 rings (SSSR count). The fourth-order valence-corrected chi connectivity index (χ4v) is 4.34. The number of sulfonamides is 1. The summed E-state index contributed by atoms with van der Waals surface area (Å²) in [5.74, 6) is 0. The lowest BCUT2D eigenvalue weighted by Crippen LogP contribution is -2.29. The van der Waals surface area contributed by atoms with Crippen LogP contribution in [0.4, 0.5) is 0 Å². The Morgan fingerprint density at radius 3 is 2.62 bits per heavy atom. The zero-order valence-corrected chi connectivity index (χ0v) is 15.0. The molecule has 0 amide bonds. The fourth-order valence-electron chi connectivity index (χ4n) is 2.02. The molecule has 1 saturated carbocycles. The maximum Gasteiger partial charge on any atom is 0.241 e. The third-order valence-electron chi connectivity index (χ3n) is 3.83. The number of hydrogen-bond acceptors (Lipinski definition) is 3. The molecule has 0 aliphatic heterocycles. The van der Waals surface area contributed by atoms with Crippen molar-refractivity contribution in [3.63, 3.8) is 0 Å². The molecule has 4 nitrogen and oxygen atoms in total. The van der Waals surface area contributed by atoms with Gasteiger partial charge in [0.2, 0.25) is 10.0 Å². The van der Waals surface area contributed by atoms with E-state index in [2.05, 4.69) is 39.8 Å². The Balaban J connectivity index is 2.04. The monoisotopic (exact) mass is 374 g/mol. The Kier molecular flexibility index (Phi) is 5.46. The second-order valence-corrected chi connectivity index (χ2v) is 8.67. The molecule has 2 N–H and O–H groups in total. The van der Waals surface area contributed by atoms with Crippen LogP contribution >= 0.6 is 15.9 Å². The van der Waals surface area contributed by atoms with E-state index in [1.165, 1.54) is 0 Å². The largest absolute Gasteiger partial charge is 0.313 e. The van der Waals surface area contributed by atoms with Crippen LogP contribution in [0.3, 0.4) is 0 Å². The van der Waals surface area contributed by atoms with Crippen molar-refractivity contribution in [2.24, 2.45) is 5.41 Å². The molecule has 0 unspecified atom stereocenters. The van der Waals surface area contributed by atoms with Crippen LogP contribution in [0.1, 0.15) is 38.7 Å². The third-order valence-corrected chi connectivity index (χ3v) is 6.21. The van der Waals surface area contributed by atoms with E-state index in [9.17, 15) is 8.42 Å². The van der Waals surface area contributed by atoms with Crippen molar-refractivity contribution in [1.82, 2.24) is 10.0 Å². The highest BCUT2D eigenvalue weighted by molar-refractivity contribution is 9.10. The summed E-state index contributed by atoms with van der Waals surface area (Å²) in [6, 6.07) is 5.40. The van der Waals surface area contributed by atoms with Crippen LogP contribution in [0, 0.1) is 5.41 Å². The van der Waals surface area contributed by atoms with E-state index < -0.39 is 10.0 Å². The number of hydrogen-bond donors (Lipinski definition) is 2. The quantitative estimate of drug-likeness (QED) is 0.687. The van der Waals surface area contributed by atoms with E-state index in [0.717, 1.165) is 37.9 Å². The number of nitrogens with one attached hydrogen (secondary N) is 2. The lowest BCUT2D eigenvalue weighted by atomic mass is 10.2. The minimum atomic E-state index is -3.44. The third kappa shape index (κ3) is 4.77. The fraction of sp³-hybridized carbons (Fsp3) is 0.600. The van der Waals surface area contributed by atoms with Gasteiger partial charge in [0.15, 0.2) is 0 Å². The predicted molar refractivity (Wildman–Crippen MR) is 88.7 cm³/mol. The minimum Gasteiger partial charge on any atom is -0.313 e. The summed E-state index contributed by atoms with van der Waals surface area (Å²) in [6.07, 6.45) is 3.27.